The number of carbonyl (C=O) groups is 1. The summed E-state index contributed by atoms with van der Waals surface area (Å²) in [7, 11) is 0. The highest BCUT2D eigenvalue weighted by atomic mass is 16.6. The summed E-state index contributed by atoms with van der Waals surface area (Å²) in [6.07, 6.45) is 56.5. The van der Waals surface area contributed by atoms with Gasteiger partial charge in [0.05, 0.1) is 13.2 Å². The zero-order valence-electron chi connectivity index (χ0n) is 34.4. The molecule has 0 spiro atoms. The Morgan fingerprint density at radius 1 is 0.471 bits per heavy atom. The number of hydrogen-bond donors (Lipinski definition) is 1. The highest BCUT2D eigenvalue weighted by Crippen LogP contribution is 2.14. The lowest BCUT2D eigenvalue weighted by Gasteiger charge is -2.15. The summed E-state index contributed by atoms with van der Waals surface area (Å²) >= 11 is 0. The Bertz CT molecular complexity index is 757. The Balaban J connectivity index is 3.38. The maximum atomic E-state index is 12.2. The summed E-state index contributed by atoms with van der Waals surface area (Å²) in [5.74, 6) is -0.208. The first-order valence-electron chi connectivity index (χ1n) is 22.6. The van der Waals surface area contributed by atoms with Gasteiger partial charge in [0, 0.05) is 13.0 Å². The number of carbonyl (C=O) groups excluding carboxylic acids is 1. The number of unbranched alkanes of at least 4 members (excludes halogenated alkanes) is 28. The number of hydrogen-bond acceptors (Lipinski definition) is 4. The maximum Gasteiger partial charge on any atom is 0.306 e. The fraction of sp³-hybridized carbons (Fsp3) is 0.851. The summed E-state index contributed by atoms with van der Waals surface area (Å²) in [6.45, 7) is 5.33. The number of aliphatic hydroxyl groups excluding tert-OH is 1. The number of ether oxygens (including phenoxy) is 2. The topological polar surface area (TPSA) is 55.8 Å². The molecule has 0 amide bonds. The molecular weight excluding hydrogens is 629 g/mol. The number of allylic oxidation sites excluding steroid dienone is 6. The second-order valence-corrected chi connectivity index (χ2v) is 15.1. The molecule has 1 unspecified atom stereocenters. The Hall–Kier alpha value is -1.39. The van der Waals surface area contributed by atoms with E-state index in [4.69, 9.17) is 9.47 Å². The number of esters is 1. The average molecular weight is 717 g/mol. The Morgan fingerprint density at radius 3 is 1.25 bits per heavy atom. The molecule has 0 heterocycles. The van der Waals surface area contributed by atoms with E-state index >= 15 is 0 Å². The molecule has 0 aromatic heterocycles. The van der Waals surface area contributed by atoms with Crippen LogP contribution in [-0.2, 0) is 14.3 Å². The molecule has 0 aliphatic heterocycles. The van der Waals surface area contributed by atoms with Crippen LogP contribution in [0.1, 0.15) is 232 Å². The molecule has 0 aromatic rings. The smallest absolute Gasteiger partial charge is 0.306 e. The van der Waals surface area contributed by atoms with E-state index in [1.165, 1.54) is 186 Å². The third-order valence-electron chi connectivity index (χ3n) is 9.94. The van der Waals surface area contributed by atoms with Gasteiger partial charge >= 0.3 is 5.97 Å². The summed E-state index contributed by atoms with van der Waals surface area (Å²) in [4.78, 5) is 12.2. The Labute approximate surface area is 319 Å². The molecule has 4 heteroatoms. The zero-order chi connectivity index (χ0) is 37.0. The van der Waals surface area contributed by atoms with Gasteiger partial charge < -0.3 is 14.6 Å². The van der Waals surface area contributed by atoms with E-state index in [-0.39, 0.29) is 12.6 Å². The van der Waals surface area contributed by atoms with Crippen LogP contribution in [0.4, 0.5) is 0 Å². The van der Waals surface area contributed by atoms with Crippen molar-refractivity contribution in [3.05, 3.63) is 36.5 Å². The lowest BCUT2D eigenvalue weighted by molar-refractivity contribution is -0.154. The second-order valence-electron chi connectivity index (χ2n) is 15.1. The van der Waals surface area contributed by atoms with Crippen LogP contribution in [0.5, 0.6) is 0 Å². The van der Waals surface area contributed by atoms with Gasteiger partial charge in [-0.15, -0.1) is 0 Å². The highest BCUT2D eigenvalue weighted by molar-refractivity contribution is 5.69. The summed E-state index contributed by atoms with van der Waals surface area (Å²) in [5, 5.41) is 9.59. The predicted molar refractivity (Wildman–Crippen MR) is 224 cm³/mol. The molecule has 0 aromatic carbocycles. The van der Waals surface area contributed by atoms with Gasteiger partial charge in [-0.2, -0.15) is 0 Å². The lowest BCUT2D eigenvalue weighted by Crippen LogP contribution is -2.27. The van der Waals surface area contributed by atoms with Crippen LogP contribution >= 0.6 is 0 Å². The summed E-state index contributed by atoms with van der Waals surface area (Å²) in [5.41, 5.74) is 0. The molecule has 0 radical (unpaired) electrons. The Kier molecular flexibility index (Phi) is 43.5. The van der Waals surface area contributed by atoms with Crippen molar-refractivity contribution >= 4 is 5.97 Å². The fourth-order valence-electron chi connectivity index (χ4n) is 6.53. The van der Waals surface area contributed by atoms with Crippen molar-refractivity contribution in [3.63, 3.8) is 0 Å². The van der Waals surface area contributed by atoms with E-state index in [2.05, 4.69) is 50.3 Å². The third-order valence-corrected chi connectivity index (χ3v) is 9.94. The van der Waals surface area contributed by atoms with E-state index in [1.807, 2.05) is 0 Å². The highest BCUT2D eigenvalue weighted by Gasteiger charge is 2.13. The molecule has 0 aliphatic rings. The minimum atomic E-state index is -0.536. The fourth-order valence-corrected chi connectivity index (χ4v) is 6.53. The SMILES string of the molecule is CCCCCC/C=C\CCCCCCCC(=O)OC(CO)COCCCCCCCCCCCCCCCC/C=C\C/C=C\CCCCCCC. The molecule has 4 nitrogen and oxygen atoms in total. The van der Waals surface area contributed by atoms with Crippen LogP contribution in [0.2, 0.25) is 0 Å². The van der Waals surface area contributed by atoms with E-state index in [0.717, 1.165) is 25.7 Å². The summed E-state index contributed by atoms with van der Waals surface area (Å²) < 4.78 is 11.2. The van der Waals surface area contributed by atoms with Crippen molar-refractivity contribution < 1.29 is 19.4 Å². The minimum Gasteiger partial charge on any atom is -0.457 e. The summed E-state index contributed by atoms with van der Waals surface area (Å²) in [6, 6.07) is 0. The van der Waals surface area contributed by atoms with Gasteiger partial charge in [0.2, 0.25) is 0 Å². The maximum absolute atomic E-state index is 12.2. The molecule has 1 atom stereocenters. The van der Waals surface area contributed by atoms with E-state index in [1.54, 1.807) is 0 Å². The average Bonchev–Trinajstić information content (AvgIpc) is 3.14. The minimum absolute atomic E-state index is 0.173. The van der Waals surface area contributed by atoms with Crippen molar-refractivity contribution in [2.45, 2.75) is 238 Å². The first-order valence-corrected chi connectivity index (χ1v) is 22.6. The van der Waals surface area contributed by atoms with Gasteiger partial charge in [-0.3, -0.25) is 4.79 Å². The standard InChI is InChI=1S/C47H88O4/c1-3-5-7-9-11-13-15-17-18-19-20-21-22-23-24-25-26-27-28-29-31-33-35-37-39-41-43-50-45-46(44-48)51-47(49)42-40-38-36-34-32-30-16-14-12-10-8-6-4-2/h14-17,19-20,46,48H,3-13,18,21-45H2,1-2H3/b16-14-,17-15-,20-19-. The molecule has 0 aliphatic carbocycles. The van der Waals surface area contributed by atoms with Crippen LogP contribution in [-0.4, -0.2) is 37.0 Å². The van der Waals surface area contributed by atoms with Crippen LogP contribution < -0.4 is 0 Å². The Morgan fingerprint density at radius 2 is 0.824 bits per heavy atom. The van der Waals surface area contributed by atoms with Crippen LogP contribution in [0.15, 0.2) is 36.5 Å². The van der Waals surface area contributed by atoms with E-state index < -0.39 is 6.10 Å². The first kappa shape index (κ1) is 49.6. The van der Waals surface area contributed by atoms with Crippen molar-refractivity contribution in [2.24, 2.45) is 0 Å². The molecule has 0 rings (SSSR count). The predicted octanol–water partition coefficient (Wildman–Crippen LogP) is 14.9. The molecule has 0 saturated heterocycles. The number of aliphatic hydroxyl groups is 1. The van der Waals surface area contributed by atoms with Gasteiger partial charge in [-0.05, 0) is 70.6 Å². The lowest BCUT2D eigenvalue weighted by atomic mass is 10.0. The van der Waals surface area contributed by atoms with Crippen molar-refractivity contribution in [3.8, 4) is 0 Å². The van der Waals surface area contributed by atoms with Gasteiger partial charge in [0.1, 0.15) is 6.10 Å². The molecule has 0 bridgehead atoms. The first-order chi connectivity index (χ1) is 25.2. The molecule has 0 fully saturated rings. The molecule has 51 heavy (non-hydrogen) atoms. The van der Waals surface area contributed by atoms with Crippen molar-refractivity contribution in [1.82, 2.24) is 0 Å². The van der Waals surface area contributed by atoms with Gasteiger partial charge in [0.25, 0.3) is 0 Å². The van der Waals surface area contributed by atoms with Crippen LogP contribution in [0.3, 0.4) is 0 Å². The molecule has 300 valence electrons. The normalized spacial score (nSPS) is 12.6. The van der Waals surface area contributed by atoms with Gasteiger partial charge in [-0.1, -0.05) is 192 Å². The molecular formula is C47H88O4. The quantitative estimate of drug-likeness (QED) is 0.0388. The van der Waals surface area contributed by atoms with E-state index in [0.29, 0.717) is 19.6 Å². The van der Waals surface area contributed by atoms with Gasteiger partial charge in [0.15, 0.2) is 0 Å². The largest absolute Gasteiger partial charge is 0.457 e. The van der Waals surface area contributed by atoms with Crippen LogP contribution in [0.25, 0.3) is 0 Å². The van der Waals surface area contributed by atoms with E-state index in [9.17, 15) is 9.90 Å². The molecule has 1 N–H and O–H groups in total. The molecule has 0 saturated carbocycles. The number of rotatable bonds is 42. The third kappa shape index (κ3) is 42.9. The van der Waals surface area contributed by atoms with Crippen LogP contribution in [0, 0.1) is 0 Å². The monoisotopic (exact) mass is 717 g/mol. The zero-order valence-corrected chi connectivity index (χ0v) is 34.4. The van der Waals surface area contributed by atoms with Crippen molar-refractivity contribution in [2.75, 3.05) is 19.8 Å². The van der Waals surface area contributed by atoms with Gasteiger partial charge in [-0.25, -0.2) is 0 Å². The van der Waals surface area contributed by atoms with Crippen molar-refractivity contribution in [1.29, 1.82) is 0 Å². The second kappa shape index (κ2) is 44.8.